The SMILES string of the molecule is CCNC(=NCC(O)COCc1ccccc1)N(C)Cc1ccc(OC(F)F)cc1. The van der Waals surface area contributed by atoms with Gasteiger partial charge in [0.1, 0.15) is 5.75 Å². The molecular formula is C22H29F2N3O3. The highest BCUT2D eigenvalue weighted by Crippen LogP contribution is 2.15. The Morgan fingerprint density at radius 1 is 1.10 bits per heavy atom. The van der Waals surface area contributed by atoms with Crippen molar-refractivity contribution < 1.29 is 23.4 Å². The average molecular weight is 421 g/mol. The Bertz CT molecular complexity index is 758. The van der Waals surface area contributed by atoms with E-state index in [1.165, 1.54) is 12.1 Å². The number of hydrogen-bond acceptors (Lipinski definition) is 4. The van der Waals surface area contributed by atoms with Gasteiger partial charge in [-0.05, 0) is 30.2 Å². The first-order chi connectivity index (χ1) is 14.5. The van der Waals surface area contributed by atoms with Crippen molar-refractivity contribution in [2.24, 2.45) is 4.99 Å². The molecule has 8 heteroatoms. The highest BCUT2D eigenvalue weighted by atomic mass is 19.3. The van der Waals surface area contributed by atoms with Gasteiger partial charge in [-0.3, -0.25) is 4.99 Å². The van der Waals surface area contributed by atoms with Gasteiger partial charge in [0, 0.05) is 20.1 Å². The van der Waals surface area contributed by atoms with Gasteiger partial charge in [-0.15, -0.1) is 0 Å². The zero-order valence-corrected chi connectivity index (χ0v) is 17.3. The lowest BCUT2D eigenvalue weighted by Crippen LogP contribution is -2.39. The van der Waals surface area contributed by atoms with Gasteiger partial charge in [0.2, 0.25) is 0 Å². The molecule has 30 heavy (non-hydrogen) atoms. The Hall–Kier alpha value is -2.71. The Morgan fingerprint density at radius 2 is 1.80 bits per heavy atom. The molecule has 2 N–H and O–H groups in total. The van der Waals surface area contributed by atoms with E-state index < -0.39 is 12.7 Å². The zero-order chi connectivity index (χ0) is 21.8. The maximum absolute atomic E-state index is 12.3. The molecule has 6 nitrogen and oxygen atoms in total. The number of benzene rings is 2. The van der Waals surface area contributed by atoms with Crippen LogP contribution >= 0.6 is 0 Å². The van der Waals surface area contributed by atoms with Crippen molar-refractivity contribution in [3.05, 3.63) is 65.7 Å². The summed E-state index contributed by atoms with van der Waals surface area (Å²) in [6, 6.07) is 16.2. The topological polar surface area (TPSA) is 66.3 Å². The molecule has 0 aliphatic rings. The van der Waals surface area contributed by atoms with Gasteiger partial charge in [0.25, 0.3) is 0 Å². The van der Waals surface area contributed by atoms with Crippen LogP contribution in [0.4, 0.5) is 8.78 Å². The largest absolute Gasteiger partial charge is 0.435 e. The maximum atomic E-state index is 12.3. The summed E-state index contributed by atoms with van der Waals surface area (Å²) in [5.74, 6) is 0.753. The first-order valence-electron chi connectivity index (χ1n) is 9.81. The minimum absolute atomic E-state index is 0.121. The summed E-state index contributed by atoms with van der Waals surface area (Å²) in [4.78, 5) is 6.36. The molecule has 0 aromatic heterocycles. The molecule has 1 atom stereocenters. The fourth-order valence-electron chi connectivity index (χ4n) is 2.73. The van der Waals surface area contributed by atoms with E-state index in [4.69, 9.17) is 4.74 Å². The lowest BCUT2D eigenvalue weighted by molar-refractivity contribution is -0.0498. The highest BCUT2D eigenvalue weighted by molar-refractivity contribution is 5.79. The van der Waals surface area contributed by atoms with Gasteiger partial charge in [-0.25, -0.2) is 0 Å². The van der Waals surface area contributed by atoms with Crippen molar-refractivity contribution in [3.8, 4) is 5.75 Å². The van der Waals surface area contributed by atoms with Crippen LogP contribution in [0, 0.1) is 0 Å². The second kappa shape index (κ2) is 12.8. The van der Waals surface area contributed by atoms with E-state index >= 15 is 0 Å². The number of guanidine groups is 1. The molecule has 0 saturated heterocycles. The van der Waals surface area contributed by atoms with E-state index in [1.54, 1.807) is 12.1 Å². The summed E-state index contributed by atoms with van der Waals surface area (Å²) in [7, 11) is 1.86. The van der Waals surface area contributed by atoms with Gasteiger partial charge in [0.05, 0.1) is 25.9 Å². The summed E-state index contributed by atoms with van der Waals surface area (Å²) < 4.78 is 34.4. The molecule has 0 aliphatic carbocycles. The number of nitrogens with zero attached hydrogens (tertiary/aromatic N) is 2. The molecule has 164 valence electrons. The van der Waals surface area contributed by atoms with Crippen LogP contribution in [0.2, 0.25) is 0 Å². The third kappa shape index (κ3) is 8.75. The molecule has 0 saturated carbocycles. The van der Waals surface area contributed by atoms with E-state index in [0.717, 1.165) is 11.1 Å². The first-order valence-corrected chi connectivity index (χ1v) is 9.81. The molecule has 0 bridgehead atoms. The van der Waals surface area contributed by atoms with Crippen molar-refractivity contribution in [1.29, 1.82) is 0 Å². The summed E-state index contributed by atoms with van der Waals surface area (Å²) in [6.07, 6.45) is -0.721. The standard InChI is InChI=1S/C22H29F2N3O3/c1-3-25-22(26-13-19(28)16-29-15-18-7-5-4-6-8-18)27(2)14-17-9-11-20(12-10-17)30-21(23)24/h4-12,19,21,28H,3,13-16H2,1-2H3,(H,25,26). The smallest absolute Gasteiger partial charge is 0.387 e. The molecule has 0 amide bonds. The minimum atomic E-state index is -2.84. The monoisotopic (exact) mass is 421 g/mol. The van der Waals surface area contributed by atoms with Crippen molar-refractivity contribution in [3.63, 3.8) is 0 Å². The number of aliphatic hydroxyl groups excluding tert-OH is 1. The van der Waals surface area contributed by atoms with Crippen LogP contribution < -0.4 is 10.1 Å². The summed E-state index contributed by atoms with van der Waals surface area (Å²) in [5.41, 5.74) is 1.96. The summed E-state index contributed by atoms with van der Waals surface area (Å²) >= 11 is 0. The van der Waals surface area contributed by atoms with Crippen molar-refractivity contribution in [2.75, 3.05) is 26.7 Å². The van der Waals surface area contributed by atoms with Crippen LogP contribution in [0.1, 0.15) is 18.1 Å². The van der Waals surface area contributed by atoms with E-state index in [9.17, 15) is 13.9 Å². The number of aliphatic imine (C=N–C) groups is 1. The molecule has 1 unspecified atom stereocenters. The number of ether oxygens (including phenoxy) is 2. The fraction of sp³-hybridized carbons (Fsp3) is 0.409. The van der Waals surface area contributed by atoms with E-state index in [0.29, 0.717) is 25.7 Å². The third-order valence-electron chi connectivity index (χ3n) is 4.14. The molecule has 2 aromatic rings. The molecule has 0 heterocycles. The van der Waals surface area contributed by atoms with Crippen LogP contribution in [0.3, 0.4) is 0 Å². The Kier molecular flexibility index (Phi) is 10.0. The predicted molar refractivity (Wildman–Crippen MR) is 113 cm³/mol. The number of rotatable bonds is 11. The van der Waals surface area contributed by atoms with Gasteiger partial charge in [-0.2, -0.15) is 8.78 Å². The van der Waals surface area contributed by atoms with E-state index in [-0.39, 0.29) is 18.9 Å². The minimum Gasteiger partial charge on any atom is -0.435 e. The lowest BCUT2D eigenvalue weighted by atomic mass is 10.2. The summed E-state index contributed by atoms with van der Waals surface area (Å²) in [6.45, 7) is 1.13. The Morgan fingerprint density at radius 3 is 2.43 bits per heavy atom. The molecular weight excluding hydrogens is 392 g/mol. The van der Waals surface area contributed by atoms with Crippen molar-refractivity contribution >= 4 is 5.96 Å². The molecule has 2 aromatic carbocycles. The average Bonchev–Trinajstić information content (AvgIpc) is 2.73. The molecule has 0 fully saturated rings. The van der Waals surface area contributed by atoms with E-state index in [1.807, 2.05) is 49.2 Å². The second-order valence-electron chi connectivity index (χ2n) is 6.73. The molecule has 0 spiro atoms. The molecule has 0 radical (unpaired) electrons. The number of aliphatic hydroxyl groups is 1. The van der Waals surface area contributed by atoms with Gasteiger partial charge in [-0.1, -0.05) is 42.5 Å². The van der Waals surface area contributed by atoms with Crippen LogP contribution in [-0.4, -0.2) is 55.4 Å². The van der Waals surface area contributed by atoms with Crippen molar-refractivity contribution in [1.82, 2.24) is 10.2 Å². The second-order valence-corrected chi connectivity index (χ2v) is 6.73. The summed E-state index contributed by atoms with van der Waals surface area (Å²) in [5, 5.41) is 13.3. The van der Waals surface area contributed by atoms with Crippen molar-refractivity contribution in [2.45, 2.75) is 32.8 Å². The quantitative estimate of drug-likeness (QED) is 0.431. The highest BCUT2D eigenvalue weighted by Gasteiger charge is 2.10. The number of alkyl halides is 2. The van der Waals surface area contributed by atoms with Gasteiger partial charge in [0.15, 0.2) is 5.96 Å². The fourth-order valence-corrected chi connectivity index (χ4v) is 2.73. The number of nitrogens with one attached hydrogen (secondary N) is 1. The Labute approximate surface area is 176 Å². The van der Waals surface area contributed by atoms with Crippen LogP contribution in [0.15, 0.2) is 59.6 Å². The molecule has 0 aliphatic heterocycles. The maximum Gasteiger partial charge on any atom is 0.387 e. The zero-order valence-electron chi connectivity index (χ0n) is 17.3. The van der Waals surface area contributed by atoms with E-state index in [2.05, 4.69) is 15.0 Å². The lowest BCUT2D eigenvalue weighted by Gasteiger charge is -2.23. The first kappa shape index (κ1) is 23.6. The predicted octanol–water partition coefficient (Wildman–Crippen LogP) is 3.26. The van der Waals surface area contributed by atoms with Crippen LogP contribution in [0.25, 0.3) is 0 Å². The number of halogens is 2. The van der Waals surface area contributed by atoms with Crippen LogP contribution in [-0.2, 0) is 17.9 Å². The van der Waals surface area contributed by atoms with Gasteiger partial charge >= 0.3 is 6.61 Å². The van der Waals surface area contributed by atoms with Gasteiger partial charge < -0.3 is 24.8 Å². The molecule has 2 rings (SSSR count). The number of hydrogen-bond donors (Lipinski definition) is 2. The third-order valence-corrected chi connectivity index (χ3v) is 4.14. The normalized spacial score (nSPS) is 12.7. The Balaban J connectivity index is 1.84. The van der Waals surface area contributed by atoms with Crippen LogP contribution in [0.5, 0.6) is 5.75 Å².